The molecule has 0 aromatic heterocycles. The summed E-state index contributed by atoms with van der Waals surface area (Å²) < 4.78 is 0. The standard InChI is InChI=1S/C20H25N3O/c1-15-7-5-6-8-18(15)21-14-19(24)23-22-13-16-9-11-17(12-10-16)20(2,3)4/h5-13,21H,14H2,1-4H3,(H,23,24)/b22-13-. The van der Waals surface area contributed by atoms with Gasteiger partial charge in [-0.15, -0.1) is 0 Å². The highest BCUT2D eigenvalue weighted by Crippen LogP contribution is 2.21. The van der Waals surface area contributed by atoms with E-state index in [1.807, 2.05) is 43.3 Å². The van der Waals surface area contributed by atoms with E-state index in [0.29, 0.717) is 0 Å². The van der Waals surface area contributed by atoms with Crippen LogP contribution in [0.15, 0.2) is 53.6 Å². The summed E-state index contributed by atoms with van der Waals surface area (Å²) in [6, 6.07) is 16.0. The Morgan fingerprint density at radius 3 is 2.38 bits per heavy atom. The molecule has 0 aliphatic rings. The van der Waals surface area contributed by atoms with E-state index in [9.17, 15) is 4.79 Å². The Bertz CT molecular complexity index is 712. The van der Waals surface area contributed by atoms with Gasteiger partial charge in [0.05, 0.1) is 12.8 Å². The molecule has 0 saturated heterocycles. The van der Waals surface area contributed by atoms with Gasteiger partial charge in [0.15, 0.2) is 0 Å². The van der Waals surface area contributed by atoms with Crippen molar-refractivity contribution in [1.82, 2.24) is 5.43 Å². The number of benzene rings is 2. The van der Waals surface area contributed by atoms with E-state index in [1.54, 1.807) is 6.21 Å². The summed E-state index contributed by atoms with van der Waals surface area (Å²) in [4.78, 5) is 11.8. The predicted molar refractivity (Wildman–Crippen MR) is 101 cm³/mol. The summed E-state index contributed by atoms with van der Waals surface area (Å²) in [5.74, 6) is -0.180. The van der Waals surface area contributed by atoms with Gasteiger partial charge in [-0.2, -0.15) is 5.10 Å². The minimum absolute atomic E-state index is 0.130. The number of aryl methyl sites for hydroxylation is 1. The Kier molecular flexibility index (Phi) is 5.74. The normalized spacial score (nSPS) is 11.5. The average Bonchev–Trinajstić information content (AvgIpc) is 2.54. The van der Waals surface area contributed by atoms with Crippen molar-refractivity contribution in [3.8, 4) is 0 Å². The quantitative estimate of drug-likeness (QED) is 0.648. The van der Waals surface area contributed by atoms with Crippen LogP contribution < -0.4 is 10.7 Å². The van der Waals surface area contributed by atoms with Crippen LogP contribution in [0.3, 0.4) is 0 Å². The Balaban J connectivity index is 1.83. The summed E-state index contributed by atoms with van der Waals surface area (Å²) in [6.07, 6.45) is 1.65. The van der Waals surface area contributed by atoms with Crippen molar-refractivity contribution in [2.24, 2.45) is 5.10 Å². The van der Waals surface area contributed by atoms with Gasteiger partial charge in [0.25, 0.3) is 5.91 Å². The lowest BCUT2D eigenvalue weighted by molar-refractivity contribution is -0.119. The molecule has 0 unspecified atom stereocenters. The first kappa shape index (κ1) is 17.7. The van der Waals surface area contributed by atoms with Crippen molar-refractivity contribution < 1.29 is 4.79 Å². The molecule has 1 amide bonds. The van der Waals surface area contributed by atoms with Crippen molar-refractivity contribution in [3.63, 3.8) is 0 Å². The van der Waals surface area contributed by atoms with Gasteiger partial charge in [-0.3, -0.25) is 4.79 Å². The topological polar surface area (TPSA) is 53.5 Å². The minimum atomic E-state index is -0.180. The smallest absolute Gasteiger partial charge is 0.259 e. The van der Waals surface area contributed by atoms with E-state index in [-0.39, 0.29) is 17.9 Å². The van der Waals surface area contributed by atoms with E-state index >= 15 is 0 Å². The number of amides is 1. The van der Waals surface area contributed by atoms with Crippen LogP contribution in [0.4, 0.5) is 5.69 Å². The first-order chi connectivity index (χ1) is 11.4. The number of anilines is 1. The van der Waals surface area contributed by atoms with E-state index in [2.05, 4.69) is 48.7 Å². The predicted octanol–water partition coefficient (Wildman–Crippen LogP) is 3.85. The number of para-hydroxylation sites is 1. The van der Waals surface area contributed by atoms with Crippen molar-refractivity contribution in [3.05, 3.63) is 65.2 Å². The van der Waals surface area contributed by atoms with Gasteiger partial charge in [-0.05, 0) is 35.1 Å². The number of rotatable bonds is 5. The number of carbonyl (C=O) groups excluding carboxylic acids is 1. The van der Waals surface area contributed by atoms with Gasteiger partial charge < -0.3 is 5.32 Å². The second kappa shape index (κ2) is 7.77. The molecule has 4 heteroatoms. The van der Waals surface area contributed by atoms with Gasteiger partial charge in [0.2, 0.25) is 0 Å². The van der Waals surface area contributed by atoms with Gasteiger partial charge in [-0.1, -0.05) is 63.2 Å². The van der Waals surface area contributed by atoms with Gasteiger partial charge in [0.1, 0.15) is 0 Å². The van der Waals surface area contributed by atoms with Gasteiger partial charge in [0, 0.05) is 5.69 Å². The Morgan fingerprint density at radius 1 is 1.08 bits per heavy atom. The highest BCUT2D eigenvalue weighted by Gasteiger charge is 2.12. The molecule has 0 aliphatic carbocycles. The number of hydrogen-bond donors (Lipinski definition) is 2. The van der Waals surface area contributed by atoms with Crippen LogP contribution >= 0.6 is 0 Å². The molecule has 2 rings (SSSR count). The van der Waals surface area contributed by atoms with Crippen molar-refractivity contribution in [2.75, 3.05) is 11.9 Å². The molecule has 0 bridgehead atoms. The van der Waals surface area contributed by atoms with Crippen LogP contribution in [0, 0.1) is 6.92 Å². The molecule has 0 spiro atoms. The van der Waals surface area contributed by atoms with Crippen LogP contribution in [0.25, 0.3) is 0 Å². The number of nitrogens with one attached hydrogen (secondary N) is 2. The number of nitrogens with zero attached hydrogens (tertiary/aromatic N) is 1. The molecule has 4 nitrogen and oxygen atoms in total. The number of hydrazone groups is 1. The molecule has 0 fully saturated rings. The third-order valence-corrected chi connectivity index (χ3v) is 3.76. The zero-order chi connectivity index (χ0) is 17.6. The van der Waals surface area contributed by atoms with E-state index < -0.39 is 0 Å². The van der Waals surface area contributed by atoms with Crippen LogP contribution in [-0.4, -0.2) is 18.7 Å². The second-order valence-electron chi connectivity index (χ2n) is 6.83. The van der Waals surface area contributed by atoms with Crippen molar-refractivity contribution in [2.45, 2.75) is 33.1 Å². The summed E-state index contributed by atoms with van der Waals surface area (Å²) in [6.45, 7) is 8.72. The molecule has 0 atom stereocenters. The monoisotopic (exact) mass is 323 g/mol. The molecular formula is C20H25N3O. The first-order valence-corrected chi connectivity index (χ1v) is 8.08. The van der Waals surface area contributed by atoms with Crippen molar-refractivity contribution in [1.29, 1.82) is 0 Å². The molecule has 2 N–H and O–H groups in total. The maximum atomic E-state index is 11.8. The minimum Gasteiger partial charge on any atom is -0.376 e. The maximum Gasteiger partial charge on any atom is 0.259 e. The second-order valence-corrected chi connectivity index (χ2v) is 6.83. The maximum absolute atomic E-state index is 11.8. The molecule has 24 heavy (non-hydrogen) atoms. The van der Waals surface area contributed by atoms with Crippen LogP contribution in [0.5, 0.6) is 0 Å². The zero-order valence-electron chi connectivity index (χ0n) is 14.8. The molecule has 2 aromatic rings. The lowest BCUT2D eigenvalue weighted by Crippen LogP contribution is -2.26. The molecule has 126 valence electrons. The van der Waals surface area contributed by atoms with Crippen molar-refractivity contribution >= 4 is 17.8 Å². The first-order valence-electron chi connectivity index (χ1n) is 8.08. The van der Waals surface area contributed by atoms with Crippen LogP contribution in [-0.2, 0) is 10.2 Å². The molecule has 0 saturated carbocycles. The van der Waals surface area contributed by atoms with Gasteiger partial charge >= 0.3 is 0 Å². The SMILES string of the molecule is Cc1ccccc1NCC(=O)N/N=C\c1ccc(C(C)(C)C)cc1. The lowest BCUT2D eigenvalue weighted by Gasteiger charge is -2.18. The fourth-order valence-electron chi connectivity index (χ4n) is 2.23. The van der Waals surface area contributed by atoms with E-state index in [0.717, 1.165) is 16.8 Å². The fraction of sp³-hybridized carbons (Fsp3) is 0.300. The van der Waals surface area contributed by atoms with E-state index in [1.165, 1.54) is 5.56 Å². The fourth-order valence-corrected chi connectivity index (χ4v) is 2.23. The van der Waals surface area contributed by atoms with Gasteiger partial charge in [-0.25, -0.2) is 5.43 Å². The number of hydrogen-bond acceptors (Lipinski definition) is 3. The Hall–Kier alpha value is -2.62. The molecule has 0 radical (unpaired) electrons. The zero-order valence-corrected chi connectivity index (χ0v) is 14.8. The summed E-state index contributed by atoms with van der Waals surface area (Å²) in [7, 11) is 0. The summed E-state index contributed by atoms with van der Waals surface area (Å²) in [5.41, 5.74) is 6.94. The summed E-state index contributed by atoms with van der Waals surface area (Å²) in [5, 5.41) is 7.10. The molecule has 0 aliphatic heterocycles. The average molecular weight is 323 g/mol. The third kappa shape index (κ3) is 5.23. The highest BCUT2D eigenvalue weighted by atomic mass is 16.2. The number of carbonyl (C=O) groups is 1. The van der Waals surface area contributed by atoms with Crippen LogP contribution in [0.1, 0.15) is 37.5 Å². The highest BCUT2D eigenvalue weighted by molar-refractivity contribution is 5.84. The molecule has 0 heterocycles. The Labute approximate surface area is 144 Å². The molecule has 2 aromatic carbocycles. The Morgan fingerprint density at radius 2 is 1.75 bits per heavy atom. The third-order valence-electron chi connectivity index (χ3n) is 3.76. The molecular weight excluding hydrogens is 298 g/mol. The van der Waals surface area contributed by atoms with E-state index in [4.69, 9.17) is 0 Å². The summed E-state index contributed by atoms with van der Waals surface area (Å²) >= 11 is 0. The largest absolute Gasteiger partial charge is 0.376 e. The van der Waals surface area contributed by atoms with Crippen LogP contribution in [0.2, 0.25) is 0 Å². The lowest BCUT2D eigenvalue weighted by atomic mass is 9.87.